The van der Waals surface area contributed by atoms with Crippen molar-refractivity contribution in [2.75, 3.05) is 6.54 Å². The van der Waals surface area contributed by atoms with E-state index in [0.717, 1.165) is 6.54 Å². The maximum atomic E-state index is 12.7. The van der Waals surface area contributed by atoms with E-state index in [4.69, 9.17) is 0 Å². The van der Waals surface area contributed by atoms with E-state index in [1.165, 1.54) is 5.56 Å². The monoisotopic (exact) mass is 260 g/mol. The van der Waals surface area contributed by atoms with Gasteiger partial charge in [-0.25, -0.2) is 0 Å². The highest BCUT2D eigenvalue weighted by molar-refractivity contribution is 5.87. The van der Waals surface area contributed by atoms with Crippen molar-refractivity contribution < 1.29 is 4.79 Å². The van der Waals surface area contributed by atoms with E-state index in [1.54, 1.807) is 0 Å². The van der Waals surface area contributed by atoms with E-state index in [1.807, 2.05) is 36.9 Å². The van der Waals surface area contributed by atoms with Gasteiger partial charge in [-0.2, -0.15) is 0 Å². The topological polar surface area (TPSA) is 32.3 Å². The van der Waals surface area contributed by atoms with Crippen molar-refractivity contribution in [3.05, 3.63) is 35.9 Å². The summed E-state index contributed by atoms with van der Waals surface area (Å²) in [6.07, 6.45) is 0. The zero-order valence-corrected chi connectivity index (χ0v) is 12.5. The number of nitrogens with one attached hydrogen (secondary N) is 1. The molecule has 1 aromatic carbocycles. The lowest BCUT2D eigenvalue weighted by Crippen LogP contribution is -2.69. The van der Waals surface area contributed by atoms with Crippen molar-refractivity contribution >= 4 is 5.91 Å². The Balaban J connectivity index is 2.37. The third-order valence-corrected chi connectivity index (χ3v) is 4.04. The molecule has 1 N–H and O–H groups in total. The first-order chi connectivity index (χ1) is 8.76. The number of carbonyl (C=O) groups excluding carboxylic acids is 1. The number of hydrogen-bond acceptors (Lipinski definition) is 2. The molecule has 0 aromatic heterocycles. The van der Waals surface area contributed by atoms with Crippen LogP contribution in [0.1, 0.15) is 46.2 Å². The number of amides is 1. The van der Waals surface area contributed by atoms with Crippen LogP contribution in [-0.2, 0) is 4.79 Å². The molecule has 2 rings (SSSR count). The highest BCUT2D eigenvalue weighted by Crippen LogP contribution is 2.33. The molecule has 1 heterocycles. The molecular formula is C16H24N2O. The van der Waals surface area contributed by atoms with Gasteiger partial charge in [0.05, 0.1) is 17.1 Å². The molecule has 0 spiro atoms. The summed E-state index contributed by atoms with van der Waals surface area (Å²) in [5, 5.41) is 3.34. The molecule has 1 saturated heterocycles. The maximum absolute atomic E-state index is 12.7. The summed E-state index contributed by atoms with van der Waals surface area (Å²) in [6, 6.07) is 10.3. The molecule has 0 bridgehead atoms. The number of hydrogen-bond donors (Lipinski definition) is 1. The molecule has 1 aromatic rings. The van der Waals surface area contributed by atoms with Gasteiger partial charge < -0.3 is 10.2 Å². The van der Waals surface area contributed by atoms with Gasteiger partial charge >= 0.3 is 0 Å². The van der Waals surface area contributed by atoms with Gasteiger partial charge in [-0.05, 0) is 40.2 Å². The fraction of sp³-hybridized carbons (Fsp3) is 0.562. The molecule has 1 aliphatic rings. The van der Waals surface area contributed by atoms with Gasteiger partial charge in [0.1, 0.15) is 0 Å². The van der Waals surface area contributed by atoms with Gasteiger partial charge in [-0.1, -0.05) is 30.3 Å². The second kappa shape index (κ2) is 4.64. The summed E-state index contributed by atoms with van der Waals surface area (Å²) in [5.74, 6) is 0.167. The Kier molecular flexibility index (Phi) is 3.43. The third-order valence-electron chi connectivity index (χ3n) is 4.04. The Hall–Kier alpha value is -1.35. The van der Waals surface area contributed by atoms with Crippen LogP contribution in [0.3, 0.4) is 0 Å². The molecule has 0 radical (unpaired) electrons. The van der Waals surface area contributed by atoms with Crippen LogP contribution < -0.4 is 5.32 Å². The van der Waals surface area contributed by atoms with E-state index >= 15 is 0 Å². The Bertz CT molecular complexity index is 465. The number of rotatable bonds is 2. The second-order valence-corrected chi connectivity index (χ2v) is 6.55. The summed E-state index contributed by atoms with van der Waals surface area (Å²) < 4.78 is 0. The largest absolute Gasteiger partial charge is 0.328 e. The lowest BCUT2D eigenvalue weighted by Gasteiger charge is -2.51. The molecule has 3 nitrogen and oxygen atoms in total. The van der Waals surface area contributed by atoms with E-state index in [0.29, 0.717) is 0 Å². The van der Waals surface area contributed by atoms with Crippen LogP contribution in [0.5, 0.6) is 0 Å². The lowest BCUT2D eigenvalue weighted by atomic mass is 9.87. The predicted octanol–water partition coefficient (Wildman–Crippen LogP) is 2.74. The fourth-order valence-corrected chi connectivity index (χ4v) is 2.75. The van der Waals surface area contributed by atoms with Crippen LogP contribution in [-0.4, -0.2) is 28.4 Å². The molecule has 0 aliphatic carbocycles. The average molecular weight is 260 g/mol. The van der Waals surface area contributed by atoms with Gasteiger partial charge in [-0.15, -0.1) is 0 Å². The molecule has 1 unspecified atom stereocenters. The van der Waals surface area contributed by atoms with Crippen molar-refractivity contribution in [2.45, 2.75) is 51.7 Å². The van der Waals surface area contributed by atoms with E-state index < -0.39 is 5.54 Å². The number of carbonyl (C=O) groups is 1. The van der Waals surface area contributed by atoms with E-state index in [-0.39, 0.29) is 17.5 Å². The van der Waals surface area contributed by atoms with Gasteiger partial charge in [0, 0.05) is 6.54 Å². The molecular weight excluding hydrogens is 236 g/mol. The zero-order valence-electron chi connectivity index (χ0n) is 12.5. The minimum Gasteiger partial charge on any atom is -0.328 e. The highest BCUT2D eigenvalue weighted by atomic mass is 16.2. The molecule has 1 atom stereocenters. The fourth-order valence-electron chi connectivity index (χ4n) is 2.75. The highest BCUT2D eigenvalue weighted by Gasteiger charge is 2.46. The number of nitrogens with zero attached hydrogens (tertiary/aromatic N) is 1. The standard InChI is InChI=1S/C16H24N2O/c1-12(13-9-7-6-8-10-13)18-14(19)16(4,5)17-11-15(18,2)3/h6-10,12,17H,11H2,1-5H3. The van der Waals surface area contributed by atoms with Crippen LogP contribution in [0.25, 0.3) is 0 Å². The van der Waals surface area contributed by atoms with Crippen molar-refractivity contribution in [3.8, 4) is 0 Å². The molecule has 19 heavy (non-hydrogen) atoms. The molecule has 1 aliphatic heterocycles. The SMILES string of the molecule is CC(c1ccccc1)N1C(=O)C(C)(C)NCC1(C)C. The minimum absolute atomic E-state index is 0.0880. The molecule has 3 heteroatoms. The van der Waals surface area contributed by atoms with Crippen LogP contribution in [0.2, 0.25) is 0 Å². The van der Waals surface area contributed by atoms with Gasteiger partial charge in [0.2, 0.25) is 5.91 Å². The summed E-state index contributed by atoms with van der Waals surface area (Å²) in [6.45, 7) is 11.1. The van der Waals surface area contributed by atoms with Crippen LogP contribution in [0.15, 0.2) is 30.3 Å². The number of benzene rings is 1. The smallest absolute Gasteiger partial charge is 0.243 e. The first kappa shape index (κ1) is 14.1. The lowest BCUT2D eigenvalue weighted by molar-refractivity contribution is -0.151. The van der Waals surface area contributed by atoms with Crippen molar-refractivity contribution in [1.29, 1.82) is 0 Å². The van der Waals surface area contributed by atoms with Crippen LogP contribution >= 0.6 is 0 Å². The van der Waals surface area contributed by atoms with Crippen molar-refractivity contribution in [1.82, 2.24) is 10.2 Å². The van der Waals surface area contributed by atoms with Crippen molar-refractivity contribution in [3.63, 3.8) is 0 Å². The maximum Gasteiger partial charge on any atom is 0.243 e. The average Bonchev–Trinajstić information content (AvgIpc) is 2.36. The first-order valence-corrected chi connectivity index (χ1v) is 6.89. The Morgan fingerprint density at radius 2 is 1.74 bits per heavy atom. The Morgan fingerprint density at radius 1 is 1.16 bits per heavy atom. The summed E-state index contributed by atoms with van der Waals surface area (Å²) in [4.78, 5) is 14.8. The molecule has 104 valence electrons. The minimum atomic E-state index is -0.488. The summed E-state index contributed by atoms with van der Waals surface area (Å²) >= 11 is 0. The van der Waals surface area contributed by atoms with Crippen LogP contribution in [0, 0.1) is 0 Å². The summed E-state index contributed by atoms with van der Waals surface area (Å²) in [5.41, 5.74) is 0.516. The Labute approximate surface area is 116 Å². The molecule has 1 fully saturated rings. The summed E-state index contributed by atoms with van der Waals surface area (Å²) in [7, 11) is 0. The van der Waals surface area contributed by atoms with Crippen molar-refractivity contribution in [2.24, 2.45) is 0 Å². The number of piperazine rings is 1. The normalized spacial score (nSPS) is 23.2. The molecule has 1 amide bonds. The van der Waals surface area contributed by atoms with Gasteiger partial charge in [-0.3, -0.25) is 4.79 Å². The second-order valence-electron chi connectivity index (χ2n) is 6.55. The quantitative estimate of drug-likeness (QED) is 0.886. The third kappa shape index (κ3) is 2.52. The van der Waals surface area contributed by atoms with Crippen LogP contribution in [0.4, 0.5) is 0 Å². The van der Waals surface area contributed by atoms with Gasteiger partial charge in [0.25, 0.3) is 0 Å². The first-order valence-electron chi connectivity index (χ1n) is 6.89. The zero-order chi connectivity index (χ0) is 14.3. The predicted molar refractivity (Wildman–Crippen MR) is 77.9 cm³/mol. The van der Waals surface area contributed by atoms with E-state index in [9.17, 15) is 4.79 Å². The van der Waals surface area contributed by atoms with Gasteiger partial charge in [0.15, 0.2) is 0 Å². The molecule has 0 saturated carbocycles. The van der Waals surface area contributed by atoms with E-state index in [2.05, 4.69) is 38.2 Å². The Morgan fingerprint density at radius 3 is 2.32 bits per heavy atom.